The molecule has 0 radical (unpaired) electrons. The van der Waals surface area contributed by atoms with Gasteiger partial charge in [0.15, 0.2) is 0 Å². The highest BCUT2D eigenvalue weighted by Crippen LogP contribution is 2.23. The van der Waals surface area contributed by atoms with Crippen molar-refractivity contribution in [2.45, 2.75) is 44.4 Å². The molecule has 2 atom stereocenters. The van der Waals surface area contributed by atoms with Crippen LogP contribution in [0.2, 0.25) is 0 Å². The molecule has 0 saturated carbocycles. The summed E-state index contributed by atoms with van der Waals surface area (Å²) in [5.74, 6) is -0.371. The Morgan fingerprint density at radius 1 is 1.18 bits per heavy atom. The number of amides is 1. The molecule has 2 saturated heterocycles. The lowest BCUT2D eigenvalue weighted by atomic mass is 10.2. The van der Waals surface area contributed by atoms with Crippen LogP contribution in [-0.2, 0) is 25.7 Å². The number of carbonyl (C=O) groups is 2. The van der Waals surface area contributed by atoms with Gasteiger partial charge in [0.1, 0.15) is 18.8 Å². The number of nitrogens with zero attached hydrogens (tertiary/aromatic N) is 1. The second kappa shape index (κ2) is 6.92. The standard InChI is InChI=1S/C17H21NO4/c19-16(15-9-5-11-21-15)18-10-4-8-14(18)17(20)22-12-13-6-2-1-3-7-13/h1-3,6-7,14-15H,4-5,8-12H2/t14-,15+/m0/s1. The van der Waals surface area contributed by atoms with E-state index in [2.05, 4.69) is 0 Å². The lowest BCUT2D eigenvalue weighted by molar-refractivity contribution is -0.157. The summed E-state index contributed by atoms with van der Waals surface area (Å²) in [4.78, 5) is 26.4. The first-order valence-electron chi connectivity index (χ1n) is 7.88. The van der Waals surface area contributed by atoms with Crippen molar-refractivity contribution < 1.29 is 19.1 Å². The van der Waals surface area contributed by atoms with Crippen LogP contribution in [0.3, 0.4) is 0 Å². The third kappa shape index (κ3) is 3.30. The lowest BCUT2D eigenvalue weighted by Gasteiger charge is -2.25. The van der Waals surface area contributed by atoms with E-state index in [1.54, 1.807) is 4.90 Å². The van der Waals surface area contributed by atoms with Crippen LogP contribution >= 0.6 is 0 Å². The third-order valence-electron chi connectivity index (χ3n) is 4.24. The van der Waals surface area contributed by atoms with E-state index in [1.165, 1.54) is 0 Å². The SMILES string of the molecule is O=C(OCc1ccccc1)[C@@H]1CCCN1C(=O)[C@H]1CCCO1. The molecular formula is C17H21NO4. The number of benzene rings is 1. The first-order valence-corrected chi connectivity index (χ1v) is 7.88. The summed E-state index contributed by atoms with van der Waals surface area (Å²) in [6, 6.07) is 9.11. The number of esters is 1. The zero-order chi connectivity index (χ0) is 15.4. The molecule has 2 aliphatic rings. The van der Waals surface area contributed by atoms with Crippen molar-refractivity contribution in [3.8, 4) is 0 Å². The van der Waals surface area contributed by atoms with Crippen LogP contribution in [0.4, 0.5) is 0 Å². The maximum atomic E-state index is 12.4. The minimum Gasteiger partial charge on any atom is -0.459 e. The largest absolute Gasteiger partial charge is 0.459 e. The second-order valence-electron chi connectivity index (χ2n) is 5.78. The quantitative estimate of drug-likeness (QED) is 0.797. The molecule has 0 aliphatic carbocycles. The van der Waals surface area contributed by atoms with Crippen molar-refractivity contribution in [1.29, 1.82) is 0 Å². The molecule has 2 aliphatic heterocycles. The van der Waals surface area contributed by atoms with Gasteiger partial charge in [-0.15, -0.1) is 0 Å². The molecule has 1 aromatic rings. The smallest absolute Gasteiger partial charge is 0.329 e. The fourth-order valence-corrected chi connectivity index (χ4v) is 3.06. The van der Waals surface area contributed by atoms with E-state index < -0.39 is 6.04 Å². The van der Waals surface area contributed by atoms with Crippen molar-refractivity contribution in [3.63, 3.8) is 0 Å². The molecule has 1 aromatic carbocycles. The van der Waals surface area contributed by atoms with Crippen molar-refractivity contribution in [1.82, 2.24) is 4.90 Å². The molecule has 5 heteroatoms. The van der Waals surface area contributed by atoms with E-state index in [-0.39, 0.29) is 24.6 Å². The minimum absolute atomic E-state index is 0.0586. The van der Waals surface area contributed by atoms with Crippen LogP contribution in [0.25, 0.3) is 0 Å². The van der Waals surface area contributed by atoms with Gasteiger partial charge in [-0.1, -0.05) is 30.3 Å². The average Bonchev–Trinajstić information content (AvgIpc) is 3.24. The molecule has 22 heavy (non-hydrogen) atoms. The normalized spacial score (nSPS) is 24.5. The van der Waals surface area contributed by atoms with Gasteiger partial charge in [0.05, 0.1) is 0 Å². The van der Waals surface area contributed by atoms with Crippen LogP contribution in [0.5, 0.6) is 0 Å². The molecule has 0 spiro atoms. The molecule has 5 nitrogen and oxygen atoms in total. The number of hydrogen-bond donors (Lipinski definition) is 0. The number of carbonyl (C=O) groups excluding carboxylic acids is 2. The minimum atomic E-state index is -0.458. The van der Waals surface area contributed by atoms with Gasteiger partial charge in [0, 0.05) is 13.2 Å². The first-order chi connectivity index (χ1) is 10.8. The fraction of sp³-hybridized carbons (Fsp3) is 0.529. The van der Waals surface area contributed by atoms with Gasteiger partial charge in [0.2, 0.25) is 0 Å². The van der Waals surface area contributed by atoms with E-state index in [4.69, 9.17) is 9.47 Å². The van der Waals surface area contributed by atoms with Crippen LogP contribution in [-0.4, -0.2) is 42.1 Å². The van der Waals surface area contributed by atoms with Crippen molar-refractivity contribution in [2.75, 3.05) is 13.2 Å². The second-order valence-corrected chi connectivity index (χ2v) is 5.78. The summed E-state index contributed by atoms with van der Waals surface area (Å²) >= 11 is 0. The molecule has 118 valence electrons. The molecule has 1 amide bonds. The van der Waals surface area contributed by atoms with Gasteiger partial charge < -0.3 is 14.4 Å². The molecule has 0 unspecified atom stereocenters. The van der Waals surface area contributed by atoms with Crippen LogP contribution in [0.15, 0.2) is 30.3 Å². The predicted molar refractivity (Wildman–Crippen MR) is 79.9 cm³/mol. The predicted octanol–water partition coefficient (Wildman–Crippen LogP) is 1.90. The van der Waals surface area contributed by atoms with E-state index in [9.17, 15) is 9.59 Å². The Morgan fingerprint density at radius 2 is 2.00 bits per heavy atom. The van der Waals surface area contributed by atoms with Crippen LogP contribution in [0.1, 0.15) is 31.2 Å². The average molecular weight is 303 g/mol. The van der Waals surface area contributed by atoms with E-state index >= 15 is 0 Å². The molecule has 0 aromatic heterocycles. The molecule has 2 fully saturated rings. The fourth-order valence-electron chi connectivity index (χ4n) is 3.06. The third-order valence-corrected chi connectivity index (χ3v) is 4.24. The zero-order valence-corrected chi connectivity index (χ0v) is 12.6. The maximum absolute atomic E-state index is 12.4. The molecule has 0 N–H and O–H groups in total. The Labute approximate surface area is 130 Å². The first kappa shape index (κ1) is 15.0. The number of likely N-dealkylation sites (tertiary alicyclic amines) is 1. The number of hydrogen-bond acceptors (Lipinski definition) is 4. The van der Waals surface area contributed by atoms with Crippen molar-refractivity contribution in [3.05, 3.63) is 35.9 Å². The lowest BCUT2D eigenvalue weighted by Crippen LogP contribution is -2.45. The Hall–Kier alpha value is -1.88. The van der Waals surface area contributed by atoms with E-state index in [0.29, 0.717) is 19.6 Å². The highest BCUT2D eigenvalue weighted by molar-refractivity contribution is 5.87. The summed E-state index contributed by atoms with van der Waals surface area (Å²) in [6.45, 7) is 1.50. The van der Waals surface area contributed by atoms with Crippen molar-refractivity contribution >= 4 is 11.9 Å². The highest BCUT2D eigenvalue weighted by Gasteiger charge is 2.39. The summed E-state index contributed by atoms with van der Waals surface area (Å²) in [7, 11) is 0. The zero-order valence-electron chi connectivity index (χ0n) is 12.6. The van der Waals surface area contributed by atoms with Crippen molar-refractivity contribution in [2.24, 2.45) is 0 Å². The Balaban J connectivity index is 1.57. The molecule has 3 rings (SSSR count). The summed E-state index contributed by atoms with van der Waals surface area (Å²) in [6.07, 6.45) is 2.80. The Bertz CT molecular complexity index is 525. The van der Waals surface area contributed by atoms with Gasteiger partial charge in [0.25, 0.3) is 5.91 Å². The number of ether oxygens (including phenoxy) is 2. The van der Waals surface area contributed by atoms with Gasteiger partial charge in [-0.25, -0.2) is 4.79 Å². The Morgan fingerprint density at radius 3 is 2.73 bits per heavy atom. The van der Waals surface area contributed by atoms with Gasteiger partial charge in [-0.05, 0) is 31.2 Å². The highest BCUT2D eigenvalue weighted by atomic mass is 16.5. The monoisotopic (exact) mass is 303 g/mol. The van der Waals surface area contributed by atoms with Gasteiger partial charge in [-0.3, -0.25) is 4.79 Å². The van der Waals surface area contributed by atoms with Gasteiger partial charge >= 0.3 is 5.97 Å². The van der Waals surface area contributed by atoms with Crippen LogP contribution in [0, 0.1) is 0 Å². The van der Waals surface area contributed by atoms with E-state index in [0.717, 1.165) is 24.8 Å². The van der Waals surface area contributed by atoms with E-state index in [1.807, 2.05) is 30.3 Å². The summed E-state index contributed by atoms with van der Waals surface area (Å²) in [5.41, 5.74) is 0.950. The maximum Gasteiger partial charge on any atom is 0.329 e. The summed E-state index contributed by atoms with van der Waals surface area (Å²) in [5, 5.41) is 0. The Kier molecular flexibility index (Phi) is 4.73. The van der Waals surface area contributed by atoms with Crippen LogP contribution < -0.4 is 0 Å². The summed E-state index contributed by atoms with van der Waals surface area (Å²) < 4.78 is 10.8. The van der Waals surface area contributed by atoms with Gasteiger partial charge in [-0.2, -0.15) is 0 Å². The topological polar surface area (TPSA) is 55.8 Å². The molecule has 0 bridgehead atoms. The molecule has 2 heterocycles. The molecular weight excluding hydrogens is 282 g/mol. The number of rotatable bonds is 4.